The highest BCUT2D eigenvalue weighted by Crippen LogP contribution is 2.20. The number of aromatic amines is 1. The average molecular weight is 455 g/mol. The molecule has 2 aromatic heterocycles. The van der Waals surface area contributed by atoms with Gasteiger partial charge >= 0.3 is 0 Å². The van der Waals surface area contributed by atoms with E-state index in [9.17, 15) is 0 Å². The first-order valence-corrected chi connectivity index (χ1v) is 12.5. The SMILES string of the molecule is Cc1cc2cc(Cc3ccnc(Cc4cccc(OCCCN5CCCCC5)c4)n3)ccc2[nH]1. The Kier molecular flexibility index (Phi) is 7.20. The summed E-state index contributed by atoms with van der Waals surface area (Å²) in [7, 11) is 0. The van der Waals surface area contributed by atoms with Crippen LogP contribution in [0.4, 0.5) is 0 Å². The Bertz CT molecular complexity index is 1230. The van der Waals surface area contributed by atoms with E-state index < -0.39 is 0 Å². The van der Waals surface area contributed by atoms with Crippen LogP contribution in [0.2, 0.25) is 0 Å². The van der Waals surface area contributed by atoms with Crippen LogP contribution in [-0.2, 0) is 12.8 Å². The third-order valence-corrected chi connectivity index (χ3v) is 6.56. The highest BCUT2D eigenvalue weighted by atomic mass is 16.5. The van der Waals surface area contributed by atoms with Gasteiger partial charge in [-0.05, 0) is 92.2 Å². The van der Waals surface area contributed by atoms with Crippen molar-refractivity contribution in [1.82, 2.24) is 19.9 Å². The predicted molar refractivity (Wildman–Crippen MR) is 138 cm³/mol. The fraction of sp³-hybridized carbons (Fsp3) is 0.379. The fourth-order valence-electron chi connectivity index (χ4n) is 4.86. The number of nitrogens with zero attached hydrogens (tertiary/aromatic N) is 3. The number of nitrogens with one attached hydrogen (secondary N) is 1. The molecular formula is C29H34N4O. The number of piperidine rings is 1. The van der Waals surface area contributed by atoms with E-state index >= 15 is 0 Å². The molecule has 4 aromatic rings. The van der Waals surface area contributed by atoms with E-state index in [2.05, 4.69) is 64.3 Å². The molecule has 0 atom stereocenters. The van der Waals surface area contributed by atoms with Gasteiger partial charge in [0.2, 0.25) is 0 Å². The number of likely N-dealkylation sites (tertiary alicyclic amines) is 1. The Balaban J connectivity index is 1.17. The van der Waals surface area contributed by atoms with E-state index in [-0.39, 0.29) is 0 Å². The number of aromatic nitrogens is 3. The summed E-state index contributed by atoms with van der Waals surface area (Å²) in [6.07, 6.45) is 8.52. The van der Waals surface area contributed by atoms with Gasteiger partial charge in [0.1, 0.15) is 11.6 Å². The Hall–Kier alpha value is -3.18. The van der Waals surface area contributed by atoms with Gasteiger partial charge in [-0.1, -0.05) is 24.6 Å². The third kappa shape index (κ3) is 6.03. The summed E-state index contributed by atoms with van der Waals surface area (Å²) in [5.41, 5.74) is 5.84. The highest BCUT2D eigenvalue weighted by Gasteiger charge is 2.09. The van der Waals surface area contributed by atoms with Crippen LogP contribution in [0.5, 0.6) is 5.75 Å². The van der Waals surface area contributed by atoms with Crippen molar-refractivity contribution in [1.29, 1.82) is 0 Å². The lowest BCUT2D eigenvalue weighted by Gasteiger charge is -2.26. The Morgan fingerprint density at radius 2 is 1.82 bits per heavy atom. The molecule has 0 aliphatic carbocycles. The summed E-state index contributed by atoms with van der Waals surface area (Å²) in [5, 5.41) is 1.25. The number of fused-ring (bicyclic) bond motifs is 1. The lowest BCUT2D eigenvalue weighted by Crippen LogP contribution is -2.31. The third-order valence-electron chi connectivity index (χ3n) is 6.56. The fourth-order valence-corrected chi connectivity index (χ4v) is 4.86. The van der Waals surface area contributed by atoms with E-state index in [4.69, 9.17) is 9.72 Å². The summed E-state index contributed by atoms with van der Waals surface area (Å²) in [4.78, 5) is 15.3. The zero-order valence-corrected chi connectivity index (χ0v) is 20.1. The molecule has 1 saturated heterocycles. The molecule has 5 nitrogen and oxygen atoms in total. The summed E-state index contributed by atoms with van der Waals surface area (Å²) in [5.74, 6) is 1.78. The maximum Gasteiger partial charge on any atom is 0.132 e. The second-order valence-electron chi connectivity index (χ2n) is 9.44. The first-order valence-electron chi connectivity index (χ1n) is 12.5. The molecule has 0 saturated carbocycles. The van der Waals surface area contributed by atoms with Crippen LogP contribution in [0.1, 0.15) is 54.0 Å². The molecular weight excluding hydrogens is 420 g/mol. The summed E-state index contributed by atoms with van der Waals surface area (Å²) in [6.45, 7) is 6.48. The Morgan fingerprint density at radius 1 is 0.941 bits per heavy atom. The maximum atomic E-state index is 6.04. The van der Waals surface area contributed by atoms with Gasteiger partial charge in [0.05, 0.1) is 6.61 Å². The van der Waals surface area contributed by atoms with Gasteiger partial charge in [-0.15, -0.1) is 0 Å². The largest absolute Gasteiger partial charge is 0.494 e. The van der Waals surface area contributed by atoms with Gasteiger partial charge in [0.25, 0.3) is 0 Å². The minimum atomic E-state index is 0.703. The lowest BCUT2D eigenvalue weighted by molar-refractivity contribution is 0.205. The average Bonchev–Trinajstić information content (AvgIpc) is 3.22. The van der Waals surface area contributed by atoms with Gasteiger partial charge in [-0.2, -0.15) is 0 Å². The van der Waals surface area contributed by atoms with Crippen LogP contribution in [-0.4, -0.2) is 46.1 Å². The molecule has 1 N–H and O–H groups in total. The minimum Gasteiger partial charge on any atom is -0.494 e. The molecule has 3 heterocycles. The van der Waals surface area contributed by atoms with E-state index in [0.29, 0.717) is 6.42 Å². The van der Waals surface area contributed by atoms with Crippen molar-refractivity contribution in [3.8, 4) is 5.75 Å². The van der Waals surface area contributed by atoms with Gasteiger partial charge in [-0.25, -0.2) is 9.97 Å². The van der Waals surface area contributed by atoms with Crippen molar-refractivity contribution in [2.24, 2.45) is 0 Å². The number of hydrogen-bond acceptors (Lipinski definition) is 4. The summed E-state index contributed by atoms with van der Waals surface area (Å²) in [6, 6.07) is 19.1. The first-order chi connectivity index (χ1) is 16.7. The standard InChI is InChI=1S/C29H34N4O/c1-22-17-25-18-24(9-10-28(25)31-22)19-26-11-12-30-29(32-26)21-23-7-5-8-27(20-23)34-16-6-15-33-13-3-2-4-14-33/h5,7-12,17-18,20,31H,2-4,6,13-16,19,21H2,1H3. The van der Waals surface area contributed by atoms with Crippen molar-refractivity contribution < 1.29 is 4.74 Å². The van der Waals surface area contributed by atoms with Crippen molar-refractivity contribution in [2.45, 2.75) is 45.4 Å². The minimum absolute atomic E-state index is 0.703. The summed E-state index contributed by atoms with van der Waals surface area (Å²) >= 11 is 0. The molecule has 0 radical (unpaired) electrons. The Morgan fingerprint density at radius 3 is 2.74 bits per heavy atom. The van der Waals surface area contributed by atoms with E-state index in [0.717, 1.165) is 43.3 Å². The molecule has 1 aliphatic heterocycles. The molecule has 2 aromatic carbocycles. The van der Waals surface area contributed by atoms with Crippen molar-refractivity contribution in [3.63, 3.8) is 0 Å². The quantitative estimate of drug-likeness (QED) is 0.330. The van der Waals surface area contributed by atoms with Crippen LogP contribution in [0, 0.1) is 6.92 Å². The van der Waals surface area contributed by atoms with Gasteiger partial charge in [-0.3, -0.25) is 0 Å². The topological polar surface area (TPSA) is 54.0 Å². The van der Waals surface area contributed by atoms with Crippen LogP contribution in [0.3, 0.4) is 0 Å². The lowest BCUT2D eigenvalue weighted by atomic mass is 10.1. The van der Waals surface area contributed by atoms with Crippen LogP contribution < -0.4 is 4.74 Å². The maximum absolute atomic E-state index is 6.04. The monoisotopic (exact) mass is 454 g/mol. The molecule has 1 fully saturated rings. The normalized spacial score (nSPS) is 14.5. The number of benzene rings is 2. The highest BCUT2D eigenvalue weighted by molar-refractivity contribution is 5.81. The second-order valence-corrected chi connectivity index (χ2v) is 9.44. The van der Waals surface area contributed by atoms with Crippen LogP contribution >= 0.6 is 0 Å². The molecule has 0 bridgehead atoms. The number of aryl methyl sites for hydroxylation is 1. The number of rotatable bonds is 9. The molecule has 0 amide bonds. The van der Waals surface area contributed by atoms with Gasteiger partial charge in [0.15, 0.2) is 0 Å². The van der Waals surface area contributed by atoms with Crippen molar-refractivity contribution in [3.05, 3.63) is 89.1 Å². The Labute approximate surface area is 202 Å². The molecule has 5 heteroatoms. The molecule has 0 unspecified atom stereocenters. The number of H-pyrrole nitrogens is 1. The first kappa shape index (κ1) is 22.6. The second kappa shape index (κ2) is 10.8. The molecule has 176 valence electrons. The predicted octanol–water partition coefficient (Wildman–Crippen LogP) is 5.70. The molecule has 5 rings (SSSR count). The van der Waals surface area contributed by atoms with Gasteiger partial charge < -0.3 is 14.6 Å². The van der Waals surface area contributed by atoms with Gasteiger partial charge in [0, 0.05) is 42.5 Å². The smallest absolute Gasteiger partial charge is 0.132 e. The summed E-state index contributed by atoms with van der Waals surface area (Å²) < 4.78 is 6.04. The van der Waals surface area contributed by atoms with E-state index in [1.165, 1.54) is 60.1 Å². The van der Waals surface area contributed by atoms with Crippen molar-refractivity contribution in [2.75, 3.05) is 26.2 Å². The van der Waals surface area contributed by atoms with E-state index in [1.54, 1.807) is 0 Å². The zero-order valence-electron chi connectivity index (χ0n) is 20.1. The zero-order chi connectivity index (χ0) is 23.2. The van der Waals surface area contributed by atoms with Crippen LogP contribution in [0.25, 0.3) is 10.9 Å². The molecule has 1 aliphatic rings. The molecule has 34 heavy (non-hydrogen) atoms. The number of hydrogen-bond donors (Lipinski definition) is 1. The van der Waals surface area contributed by atoms with E-state index in [1.807, 2.05) is 18.3 Å². The molecule has 0 spiro atoms. The van der Waals surface area contributed by atoms with Crippen LogP contribution in [0.15, 0.2) is 60.8 Å². The van der Waals surface area contributed by atoms with Crippen molar-refractivity contribution >= 4 is 10.9 Å². The number of ether oxygens (including phenoxy) is 1.